The van der Waals surface area contributed by atoms with Crippen molar-refractivity contribution in [3.05, 3.63) is 35.7 Å². The largest absolute Gasteiger partial charge is 0.506 e. The van der Waals surface area contributed by atoms with Crippen LogP contribution < -0.4 is 5.32 Å². The minimum atomic E-state index is -0.249. The Morgan fingerprint density at radius 1 is 1.52 bits per heavy atom. The van der Waals surface area contributed by atoms with Crippen molar-refractivity contribution in [1.82, 2.24) is 10.3 Å². The normalized spacial score (nSPS) is 10.4. The molecule has 0 saturated heterocycles. The number of aliphatic hydroxyl groups is 1. The predicted molar refractivity (Wildman–Crippen MR) is 78.7 cm³/mol. The van der Waals surface area contributed by atoms with Gasteiger partial charge in [-0.15, -0.1) is 0 Å². The average Bonchev–Trinajstić information content (AvgIpc) is 2.49. The molecule has 1 amide bonds. The van der Waals surface area contributed by atoms with E-state index in [9.17, 15) is 15.0 Å². The number of nitrogens with one attached hydrogen (secondary N) is 1. The van der Waals surface area contributed by atoms with Gasteiger partial charge in [-0.3, -0.25) is 9.78 Å². The number of carbonyl (C=O) groups is 1. The van der Waals surface area contributed by atoms with E-state index in [1.165, 1.54) is 6.08 Å². The summed E-state index contributed by atoms with van der Waals surface area (Å²) in [6.45, 7) is 6.20. The molecule has 0 aliphatic rings. The highest BCUT2D eigenvalue weighted by atomic mass is 16.5. The van der Waals surface area contributed by atoms with Crippen LogP contribution in [-0.4, -0.2) is 34.3 Å². The SMILES string of the molecule is C=CC(=O)NCCCCOCc1cnc(C)c(O)c1CO. The van der Waals surface area contributed by atoms with E-state index in [1.807, 2.05) is 0 Å². The summed E-state index contributed by atoms with van der Waals surface area (Å²) < 4.78 is 5.50. The van der Waals surface area contributed by atoms with E-state index in [-0.39, 0.29) is 24.9 Å². The molecule has 0 radical (unpaired) electrons. The van der Waals surface area contributed by atoms with Gasteiger partial charge in [0, 0.05) is 30.5 Å². The van der Waals surface area contributed by atoms with Crippen molar-refractivity contribution in [3.8, 4) is 5.75 Å². The van der Waals surface area contributed by atoms with Crippen LogP contribution in [0.4, 0.5) is 0 Å². The molecule has 1 aromatic heterocycles. The van der Waals surface area contributed by atoms with E-state index in [0.717, 1.165) is 12.8 Å². The van der Waals surface area contributed by atoms with Gasteiger partial charge in [-0.05, 0) is 25.8 Å². The first kappa shape index (κ1) is 17.1. The van der Waals surface area contributed by atoms with Gasteiger partial charge in [0.15, 0.2) is 0 Å². The Hall–Kier alpha value is -1.92. The third-order valence-electron chi connectivity index (χ3n) is 3.05. The van der Waals surface area contributed by atoms with E-state index in [2.05, 4.69) is 16.9 Å². The Labute approximate surface area is 124 Å². The monoisotopic (exact) mass is 294 g/mol. The summed E-state index contributed by atoms with van der Waals surface area (Å²) in [5.74, 6) is -0.157. The van der Waals surface area contributed by atoms with Crippen molar-refractivity contribution in [1.29, 1.82) is 0 Å². The van der Waals surface area contributed by atoms with Crippen molar-refractivity contribution in [3.63, 3.8) is 0 Å². The lowest BCUT2D eigenvalue weighted by atomic mass is 10.1. The molecule has 3 N–H and O–H groups in total. The molecule has 6 heteroatoms. The van der Waals surface area contributed by atoms with Crippen LogP contribution in [0, 0.1) is 6.92 Å². The number of aromatic nitrogens is 1. The molecule has 21 heavy (non-hydrogen) atoms. The molecule has 0 aromatic carbocycles. The van der Waals surface area contributed by atoms with E-state index in [4.69, 9.17) is 4.74 Å². The molecule has 116 valence electrons. The van der Waals surface area contributed by atoms with Crippen molar-refractivity contribution in [2.45, 2.75) is 33.0 Å². The fourth-order valence-corrected chi connectivity index (χ4v) is 1.78. The minimum absolute atomic E-state index is 0.0192. The van der Waals surface area contributed by atoms with Crippen molar-refractivity contribution in [2.24, 2.45) is 0 Å². The molecule has 1 aromatic rings. The molecule has 0 saturated carbocycles. The first-order chi connectivity index (χ1) is 10.1. The maximum absolute atomic E-state index is 10.9. The van der Waals surface area contributed by atoms with E-state index >= 15 is 0 Å². The summed E-state index contributed by atoms with van der Waals surface area (Å²) in [5, 5.41) is 21.8. The number of rotatable bonds is 9. The second-order valence-electron chi connectivity index (χ2n) is 4.61. The molecular formula is C15H22N2O4. The number of ether oxygens (including phenoxy) is 1. The summed E-state index contributed by atoms with van der Waals surface area (Å²) in [5.41, 5.74) is 1.63. The Morgan fingerprint density at radius 3 is 2.95 bits per heavy atom. The molecule has 0 aliphatic carbocycles. The van der Waals surface area contributed by atoms with Crippen molar-refractivity contribution >= 4 is 5.91 Å². The minimum Gasteiger partial charge on any atom is -0.506 e. The maximum atomic E-state index is 10.9. The van der Waals surface area contributed by atoms with Gasteiger partial charge >= 0.3 is 0 Å². The Morgan fingerprint density at radius 2 is 2.29 bits per heavy atom. The van der Waals surface area contributed by atoms with Crippen LogP contribution in [0.5, 0.6) is 5.75 Å². The number of aliphatic hydroxyl groups excluding tert-OH is 1. The van der Waals surface area contributed by atoms with Crippen molar-refractivity contribution < 1.29 is 19.7 Å². The number of nitrogens with zero attached hydrogens (tertiary/aromatic N) is 1. The maximum Gasteiger partial charge on any atom is 0.243 e. The number of unbranched alkanes of at least 4 members (excludes halogenated alkanes) is 1. The molecule has 0 bridgehead atoms. The molecule has 1 heterocycles. The second kappa shape index (κ2) is 9.10. The molecule has 6 nitrogen and oxygen atoms in total. The highest BCUT2D eigenvalue weighted by Crippen LogP contribution is 2.24. The lowest BCUT2D eigenvalue weighted by molar-refractivity contribution is -0.116. The summed E-state index contributed by atoms with van der Waals surface area (Å²) in [4.78, 5) is 14.9. The molecular weight excluding hydrogens is 272 g/mol. The lowest BCUT2D eigenvalue weighted by Crippen LogP contribution is -2.22. The first-order valence-electron chi connectivity index (χ1n) is 6.85. The van der Waals surface area contributed by atoms with Gasteiger partial charge < -0.3 is 20.3 Å². The summed E-state index contributed by atoms with van der Waals surface area (Å²) in [7, 11) is 0. The number of hydrogen-bond acceptors (Lipinski definition) is 5. The van der Waals surface area contributed by atoms with Gasteiger partial charge in [-0.2, -0.15) is 0 Å². The van der Waals surface area contributed by atoms with Crippen LogP contribution in [0.3, 0.4) is 0 Å². The Kier molecular flexibility index (Phi) is 7.42. The number of aromatic hydroxyl groups is 1. The zero-order chi connectivity index (χ0) is 15.7. The van der Waals surface area contributed by atoms with E-state index < -0.39 is 0 Å². The number of hydrogen-bond donors (Lipinski definition) is 3. The number of amides is 1. The van der Waals surface area contributed by atoms with Crippen LogP contribution in [-0.2, 0) is 22.7 Å². The zero-order valence-electron chi connectivity index (χ0n) is 12.3. The number of aryl methyl sites for hydroxylation is 1. The molecule has 0 unspecified atom stereocenters. The summed E-state index contributed by atoms with van der Waals surface area (Å²) in [6, 6.07) is 0. The fourth-order valence-electron chi connectivity index (χ4n) is 1.78. The second-order valence-corrected chi connectivity index (χ2v) is 4.61. The lowest BCUT2D eigenvalue weighted by Gasteiger charge is -2.11. The fraction of sp³-hybridized carbons (Fsp3) is 0.467. The van der Waals surface area contributed by atoms with Gasteiger partial charge in [0.1, 0.15) is 5.75 Å². The van der Waals surface area contributed by atoms with Crippen LogP contribution in [0.1, 0.15) is 29.7 Å². The number of pyridine rings is 1. The quantitative estimate of drug-likeness (QED) is 0.470. The van der Waals surface area contributed by atoms with Crippen molar-refractivity contribution in [2.75, 3.05) is 13.2 Å². The van der Waals surface area contributed by atoms with Gasteiger partial charge in [-0.1, -0.05) is 6.58 Å². The Balaban J connectivity index is 2.29. The molecule has 0 atom stereocenters. The van der Waals surface area contributed by atoms with Crippen LogP contribution >= 0.6 is 0 Å². The van der Waals surface area contributed by atoms with Gasteiger partial charge in [-0.25, -0.2) is 0 Å². The standard InChI is InChI=1S/C15H22N2O4/c1-3-14(19)16-6-4-5-7-21-10-12-8-17-11(2)15(20)13(12)9-18/h3,8,18,20H,1,4-7,9-10H2,2H3,(H,16,19). The molecule has 0 spiro atoms. The number of carbonyl (C=O) groups excluding carboxylic acids is 1. The van der Waals surface area contributed by atoms with Crippen LogP contribution in [0.25, 0.3) is 0 Å². The molecule has 1 rings (SSSR count). The third kappa shape index (κ3) is 5.53. The highest BCUT2D eigenvalue weighted by Gasteiger charge is 2.10. The zero-order valence-corrected chi connectivity index (χ0v) is 12.3. The van der Waals surface area contributed by atoms with Gasteiger partial charge in [0.25, 0.3) is 0 Å². The van der Waals surface area contributed by atoms with Gasteiger partial charge in [0.05, 0.1) is 18.9 Å². The summed E-state index contributed by atoms with van der Waals surface area (Å²) >= 11 is 0. The molecule has 0 fully saturated rings. The highest BCUT2D eigenvalue weighted by molar-refractivity contribution is 5.86. The smallest absolute Gasteiger partial charge is 0.243 e. The molecule has 0 aliphatic heterocycles. The van der Waals surface area contributed by atoms with Gasteiger partial charge in [0.2, 0.25) is 5.91 Å². The van der Waals surface area contributed by atoms with Crippen LogP contribution in [0.15, 0.2) is 18.9 Å². The Bertz CT molecular complexity index is 489. The predicted octanol–water partition coefficient (Wildman–Crippen LogP) is 1.19. The van der Waals surface area contributed by atoms with Crippen LogP contribution in [0.2, 0.25) is 0 Å². The topological polar surface area (TPSA) is 91.7 Å². The third-order valence-corrected chi connectivity index (χ3v) is 3.05. The summed E-state index contributed by atoms with van der Waals surface area (Å²) in [6.07, 6.45) is 4.45. The van der Waals surface area contributed by atoms with E-state index in [1.54, 1.807) is 13.1 Å². The average molecular weight is 294 g/mol. The first-order valence-corrected chi connectivity index (χ1v) is 6.85. The van der Waals surface area contributed by atoms with E-state index in [0.29, 0.717) is 30.0 Å².